The Labute approximate surface area is 214 Å². The molecule has 3 aromatic heterocycles. The number of hydrogen-bond acceptors (Lipinski definition) is 5. The van der Waals surface area contributed by atoms with Crippen LogP contribution >= 0.6 is 11.3 Å². The van der Waals surface area contributed by atoms with Gasteiger partial charge in [0.05, 0.1) is 22.3 Å². The van der Waals surface area contributed by atoms with Gasteiger partial charge in [-0.15, -0.1) is 11.3 Å². The number of carbonyl (C=O) groups is 2. The van der Waals surface area contributed by atoms with E-state index >= 15 is 0 Å². The van der Waals surface area contributed by atoms with E-state index in [0.717, 1.165) is 73.4 Å². The molecule has 0 aliphatic heterocycles. The zero-order chi connectivity index (χ0) is 24.5. The lowest BCUT2D eigenvalue weighted by Gasteiger charge is -2.16. The van der Waals surface area contributed by atoms with Crippen LogP contribution < -0.4 is 10.6 Å². The topological polar surface area (TPSA) is 84.0 Å². The Morgan fingerprint density at radius 1 is 0.944 bits per heavy atom. The number of aromatic nitrogens is 2. The van der Waals surface area contributed by atoms with Crippen LogP contribution in [0.4, 0.5) is 5.00 Å². The summed E-state index contributed by atoms with van der Waals surface area (Å²) in [6.07, 6.45) is 11.9. The molecule has 0 bridgehead atoms. The van der Waals surface area contributed by atoms with Crippen LogP contribution in [0.3, 0.4) is 0 Å². The van der Waals surface area contributed by atoms with E-state index in [1.165, 1.54) is 4.88 Å². The van der Waals surface area contributed by atoms with Crippen LogP contribution in [0.25, 0.3) is 22.2 Å². The molecule has 2 N–H and O–H groups in total. The summed E-state index contributed by atoms with van der Waals surface area (Å²) in [7, 11) is 0. The first kappa shape index (κ1) is 22.9. The second kappa shape index (κ2) is 9.82. The van der Waals surface area contributed by atoms with E-state index in [2.05, 4.69) is 15.6 Å². The van der Waals surface area contributed by atoms with Crippen LogP contribution in [-0.4, -0.2) is 27.8 Å². The zero-order valence-corrected chi connectivity index (χ0v) is 20.9. The van der Waals surface area contributed by atoms with Gasteiger partial charge < -0.3 is 10.6 Å². The van der Waals surface area contributed by atoms with E-state index in [1.54, 1.807) is 23.7 Å². The Kier molecular flexibility index (Phi) is 6.23. The van der Waals surface area contributed by atoms with Crippen molar-refractivity contribution in [1.82, 2.24) is 15.3 Å². The summed E-state index contributed by atoms with van der Waals surface area (Å²) in [4.78, 5) is 37.4. The van der Waals surface area contributed by atoms with Crippen LogP contribution in [0.15, 0.2) is 54.9 Å². The highest BCUT2D eigenvalue weighted by Crippen LogP contribution is 2.39. The van der Waals surface area contributed by atoms with E-state index in [0.29, 0.717) is 21.8 Å². The summed E-state index contributed by atoms with van der Waals surface area (Å²) < 4.78 is 0. The molecule has 3 heterocycles. The number of thiophene rings is 1. The minimum atomic E-state index is -0.229. The van der Waals surface area contributed by atoms with Crippen molar-refractivity contribution in [2.24, 2.45) is 0 Å². The molecule has 4 aromatic rings. The van der Waals surface area contributed by atoms with Gasteiger partial charge in [-0.2, -0.15) is 0 Å². The third-order valence-corrected chi connectivity index (χ3v) is 8.44. The Morgan fingerprint density at radius 2 is 1.78 bits per heavy atom. The summed E-state index contributed by atoms with van der Waals surface area (Å²) in [6, 6.07) is 13.5. The van der Waals surface area contributed by atoms with Crippen LogP contribution in [-0.2, 0) is 12.8 Å². The van der Waals surface area contributed by atoms with Gasteiger partial charge >= 0.3 is 0 Å². The van der Waals surface area contributed by atoms with Crippen LogP contribution in [0, 0.1) is 0 Å². The number of pyridine rings is 2. The Hall–Kier alpha value is -3.58. The molecular formula is C29H28N4O2S. The summed E-state index contributed by atoms with van der Waals surface area (Å²) >= 11 is 1.56. The predicted octanol–water partition coefficient (Wildman–Crippen LogP) is 6.16. The van der Waals surface area contributed by atoms with Gasteiger partial charge in [-0.25, -0.2) is 4.98 Å². The molecule has 2 aliphatic carbocycles. The molecule has 6 rings (SSSR count). The number of benzene rings is 1. The number of para-hydroxylation sites is 1. The lowest BCUT2D eigenvalue weighted by atomic mass is 9.95. The van der Waals surface area contributed by atoms with Gasteiger partial charge in [0.15, 0.2) is 0 Å². The highest BCUT2D eigenvalue weighted by Gasteiger charge is 2.29. The van der Waals surface area contributed by atoms with Crippen molar-refractivity contribution in [1.29, 1.82) is 0 Å². The first-order chi connectivity index (χ1) is 17.7. The molecule has 0 spiro atoms. The van der Waals surface area contributed by atoms with Gasteiger partial charge in [-0.1, -0.05) is 31.0 Å². The SMILES string of the molecule is O=C(NC1CCCC1)c1c(NC(=O)c2cc(-c3cccnc3)nc3ccccc23)sc2c1CCCC2. The number of anilines is 1. The van der Waals surface area contributed by atoms with Gasteiger partial charge in [0.2, 0.25) is 0 Å². The fraction of sp³-hybridized carbons (Fsp3) is 0.310. The molecule has 0 unspecified atom stereocenters. The first-order valence-electron chi connectivity index (χ1n) is 12.7. The third kappa shape index (κ3) is 4.39. The van der Waals surface area contributed by atoms with Crippen LogP contribution in [0.1, 0.15) is 69.7 Å². The molecule has 0 radical (unpaired) electrons. The highest BCUT2D eigenvalue weighted by molar-refractivity contribution is 7.17. The Morgan fingerprint density at radius 3 is 2.61 bits per heavy atom. The number of rotatable bonds is 5. The van der Waals surface area contributed by atoms with Gasteiger partial charge in [-0.3, -0.25) is 14.6 Å². The number of nitrogens with one attached hydrogen (secondary N) is 2. The lowest BCUT2D eigenvalue weighted by molar-refractivity contribution is 0.0938. The minimum absolute atomic E-state index is 0.0489. The summed E-state index contributed by atoms with van der Waals surface area (Å²) in [5.41, 5.74) is 4.60. The maximum atomic E-state index is 13.8. The van der Waals surface area contributed by atoms with Crippen LogP contribution in [0.5, 0.6) is 0 Å². The third-order valence-electron chi connectivity index (χ3n) is 7.23. The van der Waals surface area contributed by atoms with E-state index in [1.807, 2.05) is 42.5 Å². The normalized spacial score (nSPS) is 15.6. The second-order valence-corrected chi connectivity index (χ2v) is 10.7. The molecular weight excluding hydrogens is 468 g/mol. The van der Waals surface area contributed by atoms with Gasteiger partial charge in [-0.05, 0) is 68.4 Å². The molecule has 0 saturated heterocycles. The molecule has 0 atom stereocenters. The summed E-state index contributed by atoms with van der Waals surface area (Å²) in [6.45, 7) is 0. The molecule has 2 aliphatic rings. The number of amides is 2. The molecule has 1 aromatic carbocycles. The molecule has 1 fully saturated rings. The Bertz CT molecular complexity index is 1440. The smallest absolute Gasteiger partial charge is 0.257 e. The van der Waals surface area contributed by atoms with E-state index < -0.39 is 0 Å². The van der Waals surface area contributed by atoms with Crippen molar-refractivity contribution in [3.63, 3.8) is 0 Å². The van der Waals surface area contributed by atoms with Gasteiger partial charge in [0, 0.05) is 34.3 Å². The van der Waals surface area contributed by atoms with Gasteiger partial charge in [0.25, 0.3) is 11.8 Å². The lowest BCUT2D eigenvalue weighted by Crippen LogP contribution is -2.33. The van der Waals surface area contributed by atoms with E-state index in [-0.39, 0.29) is 17.9 Å². The number of nitrogens with zero attached hydrogens (tertiary/aromatic N) is 2. The van der Waals surface area contributed by atoms with Gasteiger partial charge in [0.1, 0.15) is 5.00 Å². The number of hydrogen-bond donors (Lipinski definition) is 2. The van der Waals surface area contributed by atoms with Crippen molar-refractivity contribution < 1.29 is 9.59 Å². The maximum absolute atomic E-state index is 13.8. The van der Waals surface area contributed by atoms with E-state index in [9.17, 15) is 9.59 Å². The minimum Gasteiger partial charge on any atom is -0.349 e. The number of carbonyl (C=O) groups excluding carboxylic acids is 2. The fourth-order valence-corrected chi connectivity index (χ4v) is 6.70. The Balaban J connectivity index is 1.38. The average Bonchev–Trinajstić information content (AvgIpc) is 3.55. The maximum Gasteiger partial charge on any atom is 0.257 e. The van der Waals surface area contributed by atoms with E-state index in [4.69, 9.17) is 4.98 Å². The quantitative estimate of drug-likeness (QED) is 0.346. The number of fused-ring (bicyclic) bond motifs is 2. The van der Waals surface area contributed by atoms with Crippen molar-refractivity contribution >= 4 is 39.1 Å². The highest BCUT2D eigenvalue weighted by atomic mass is 32.1. The summed E-state index contributed by atoms with van der Waals surface area (Å²) in [5, 5.41) is 7.82. The largest absolute Gasteiger partial charge is 0.349 e. The zero-order valence-electron chi connectivity index (χ0n) is 20.0. The molecule has 7 heteroatoms. The standard InChI is InChI=1S/C29H28N4O2S/c34-27(22-16-24(18-8-7-15-30-17-18)32-23-13-5-3-11-20(22)23)33-29-26(21-12-4-6-14-25(21)36-29)28(35)31-19-9-1-2-10-19/h3,5,7-8,11,13,15-17,19H,1-2,4,6,9-10,12,14H2,(H,31,35)(H,33,34). The van der Waals surface area contributed by atoms with Crippen molar-refractivity contribution in [3.8, 4) is 11.3 Å². The molecule has 182 valence electrons. The fourth-order valence-electron chi connectivity index (χ4n) is 5.42. The molecule has 36 heavy (non-hydrogen) atoms. The first-order valence-corrected chi connectivity index (χ1v) is 13.6. The number of aryl methyl sites for hydroxylation is 1. The van der Waals surface area contributed by atoms with Crippen LogP contribution in [0.2, 0.25) is 0 Å². The molecule has 6 nitrogen and oxygen atoms in total. The van der Waals surface area contributed by atoms with Crippen molar-refractivity contribution in [2.75, 3.05) is 5.32 Å². The second-order valence-electron chi connectivity index (χ2n) is 9.64. The predicted molar refractivity (Wildman–Crippen MR) is 144 cm³/mol. The van der Waals surface area contributed by atoms with Crippen molar-refractivity contribution in [3.05, 3.63) is 76.4 Å². The van der Waals surface area contributed by atoms with Crippen molar-refractivity contribution in [2.45, 2.75) is 57.4 Å². The molecule has 2 amide bonds. The molecule has 1 saturated carbocycles. The monoisotopic (exact) mass is 496 g/mol. The average molecular weight is 497 g/mol. The summed E-state index contributed by atoms with van der Waals surface area (Å²) in [5.74, 6) is -0.278.